The maximum atomic E-state index is 14.5. The molecule has 2 atom stereocenters. The van der Waals surface area contributed by atoms with Gasteiger partial charge in [0.25, 0.3) is 5.91 Å². The molecule has 7 nitrogen and oxygen atoms in total. The van der Waals surface area contributed by atoms with Gasteiger partial charge in [0.2, 0.25) is 15.9 Å². The maximum Gasteiger partial charge on any atom is 0.321 e. The van der Waals surface area contributed by atoms with Crippen molar-refractivity contribution in [1.82, 2.24) is 14.2 Å². The second kappa shape index (κ2) is 8.46. The SMILES string of the molecule is CC(F)(F)C(=O)N[C@H]1CC(=O)N(Cc2cc(F)cc3c2ccn3S(C)(=O)=O)[C@@H]1c1ccccc1. The van der Waals surface area contributed by atoms with Crippen LogP contribution in [-0.4, -0.2) is 47.3 Å². The molecule has 3 aromatic rings. The zero-order chi connectivity index (χ0) is 24.8. The molecule has 0 saturated carbocycles. The van der Waals surface area contributed by atoms with Gasteiger partial charge in [-0.1, -0.05) is 30.3 Å². The summed E-state index contributed by atoms with van der Waals surface area (Å²) in [5.41, 5.74) is 1.08. The summed E-state index contributed by atoms with van der Waals surface area (Å²) < 4.78 is 66.6. The highest BCUT2D eigenvalue weighted by atomic mass is 32.2. The van der Waals surface area contributed by atoms with Crippen LogP contribution in [0.4, 0.5) is 13.2 Å². The predicted octanol–water partition coefficient (Wildman–Crippen LogP) is 3.20. The average molecular weight is 494 g/mol. The number of carbonyl (C=O) groups is 2. The molecular formula is C23H22F3N3O4S. The Balaban J connectivity index is 1.76. The van der Waals surface area contributed by atoms with Crippen LogP contribution >= 0.6 is 0 Å². The number of amides is 2. The van der Waals surface area contributed by atoms with Crippen molar-refractivity contribution in [3.8, 4) is 0 Å². The third kappa shape index (κ3) is 4.52. The number of aromatic nitrogens is 1. The minimum atomic E-state index is -3.70. The Labute approximate surface area is 194 Å². The van der Waals surface area contributed by atoms with Crippen LogP contribution < -0.4 is 5.32 Å². The van der Waals surface area contributed by atoms with Gasteiger partial charge in [-0.25, -0.2) is 16.8 Å². The van der Waals surface area contributed by atoms with Crippen LogP contribution in [0.3, 0.4) is 0 Å². The number of fused-ring (bicyclic) bond motifs is 1. The van der Waals surface area contributed by atoms with Crippen molar-refractivity contribution in [2.45, 2.75) is 37.9 Å². The predicted molar refractivity (Wildman–Crippen MR) is 119 cm³/mol. The Morgan fingerprint density at radius 3 is 2.47 bits per heavy atom. The van der Waals surface area contributed by atoms with E-state index in [4.69, 9.17) is 0 Å². The van der Waals surface area contributed by atoms with Crippen LogP contribution in [-0.2, 0) is 26.2 Å². The van der Waals surface area contributed by atoms with Gasteiger partial charge >= 0.3 is 5.92 Å². The van der Waals surface area contributed by atoms with Gasteiger partial charge < -0.3 is 10.2 Å². The monoisotopic (exact) mass is 493 g/mol. The molecule has 1 N–H and O–H groups in total. The molecule has 0 radical (unpaired) electrons. The number of halogens is 3. The minimum Gasteiger partial charge on any atom is -0.345 e. The number of benzene rings is 2. The van der Waals surface area contributed by atoms with Crippen LogP contribution in [0.1, 0.15) is 30.5 Å². The summed E-state index contributed by atoms with van der Waals surface area (Å²) in [6, 6.07) is 10.7. The molecule has 11 heteroatoms. The molecule has 0 bridgehead atoms. The highest BCUT2D eigenvalue weighted by Crippen LogP contribution is 2.36. The van der Waals surface area contributed by atoms with Crippen molar-refractivity contribution in [2.24, 2.45) is 0 Å². The van der Waals surface area contributed by atoms with E-state index in [-0.39, 0.29) is 18.5 Å². The smallest absolute Gasteiger partial charge is 0.321 e. The molecule has 1 saturated heterocycles. The summed E-state index contributed by atoms with van der Waals surface area (Å²) in [6.45, 7) is 0.361. The van der Waals surface area contributed by atoms with E-state index in [0.29, 0.717) is 23.4 Å². The zero-order valence-electron chi connectivity index (χ0n) is 18.3. The molecule has 2 heterocycles. The van der Waals surface area contributed by atoms with Crippen molar-refractivity contribution < 1.29 is 31.2 Å². The normalized spacial score (nSPS) is 19.1. The molecule has 0 aliphatic carbocycles. The van der Waals surface area contributed by atoms with Crippen molar-refractivity contribution in [3.63, 3.8) is 0 Å². The second-order valence-electron chi connectivity index (χ2n) is 8.42. The number of likely N-dealkylation sites (tertiary alicyclic amines) is 1. The Morgan fingerprint density at radius 1 is 1.18 bits per heavy atom. The summed E-state index contributed by atoms with van der Waals surface area (Å²) in [4.78, 5) is 26.4. The van der Waals surface area contributed by atoms with Gasteiger partial charge in [-0.2, -0.15) is 8.78 Å². The zero-order valence-corrected chi connectivity index (χ0v) is 19.2. The summed E-state index contributed by atoms with van der Waals surface area (Å²) in [7, 11) is -3.70. The second-order valence-corrected chi connectivity index (χ2v) is 10.3. The number of hydrogen-bond donors (Lipinski definition) is 1. The molecule has 180 valence electrons. The van der Waals surface area contributed by atoms with E-state index < -0.39 is 45.7 Å². The average Bonchev–Trinajstić information content (AvgIpc) is 3.29. The Morgan fingerprint density at radius 2 is 1.85 bits per heavy atom. The number of carbonyl (C=O) groups excluding carboxylic acids is 2. The van der Waals surface area contributed by atoms with Crippen LogP contribution in [0.2, 0.25) is 0 Å². The van der Waals surface area contributed by atoms with E-state index >= 15 is 0 Å². The van der Waals surface area contributed by atoms with E-state index in [1.807, 2.05) is 0 Å². The summed E-state index contributed by atoms with van der Waals surface area (Å²) >= 11 is 0. The van der Waals surface area contributed by atoms with Crippen LogP contribution in [0.5, 0.6) is 0 Å². The summed E-state index contributed by atoms with van der Waals surface area (Å²) in [6.07, 6.45) is 2.07. The van der Waals surface area contributed by atoms with Gasteiger partial charge in [0, 0.05) is 31.5 Å². The Kier molecular flexibility index (Phi) is 5.92. The standard InChI is InChI=1S/C23H22F3N3O4S/c1-23(25,26)22(31)27-18-12-20(30)28(21(18)14-6-4-3-5-7-14)13-15-10-16(24)11-19-17(15)8-9-29(19)34(2,32)33/h3-11,18,21H,12-13H2,1-2H3,(H,27,31)/t18-,21+/m0/s1. The van der Waals surface area contributed by atoms with E-state index in [2.05, 4.69) is 5.32 Å². The molecular weight excluding hydrogens is 471 g/mol. The van der Waals surface area contributed by atoms with E-state index in [1.54, 1.807) is 30.3 Å². The van der Waals surface area contributed by atoms with Gasteiger partial charge in [0.1, 0.15) is 5.82 Å². The summed E-state index contributed by atoms with van der Waals surface area (Å²) in [5.74, 6) is -6.23. The minimum absolute atomic E-state index is 0.116. The molecule has 34 heavy (non-hydrogen) atoms. The Bertz CT molecular complexity index is 1370. The maximum absolute atomic E-state index is 14.5. The van der Waals surface area contributed by atoms with Crippen molar-refractivity contribution in [1.29, 1.82) is 0 Å². The van der Waals surface area contributed by atoms with Gasteiger partial charge in [-0.05, 0) is 29.3 Å². The lowest BCUT2D eigenvalue weighted by Gasteiger charge is -2.30. The number of alkyl halides is 2. The fourth-order valence-corrected chi connectivity index (χ4v) is 5.11. The molecule has 0 spiro atoms. The fraction of sp³-hybridized carbons (Fsp3) is 0.304. The first-order valence-corrected chi connectivity index (χ1v) is 12.2. The largest absolute Gasteiger partial charge is 0.345 e. The van der Waals surface area contributed by atoms with Crippen molar-refractivity contribution >= 4 is 32.7 Å². The molecule has 4 rings (SSSR count). The lowest BCUT2D eigenvalue weighted by molar-refractivity contribution is -0.144. The van der Waals surface area contributed by atoms with Gasteiger partial charge in [0.15, 0.2) is 0 Å². The van der Waals surface area contributed by atoms with Gasteiger partial charge in [0.05, 0.1) is 23.9 Å². The quantitative estimate of drug-likeness (QED) is 0.571. The Hall–Kier alpha value is -3.34. The first-order chi connectivity index (χ1) is 15.9. The molecule has 1 aliphatic heterocycles. The summed E-state index contributed by atoms with van der Waals surface area (Å²) in [5, 5.41) is 2.71. The third-order valence-corrected chi connectivity index (χ3v) is 6.84. The van der Waals surface area contributed by atoms with E-state index in [9.17, 15) is 31.2 Å². The van der Waals surface area contributed by atoms with Crippen molar-refractivity contribution in [2.75, 3.05) is 6.26 Å². The number of rotatable bonds is 6. The lowest BCUT2D eigenvalue weighted by Crippen LogP contribution is -2.46. The highest BCUT2D eigenvalue weighted by molar-refractivity contribution is 7.89. The molecule has 1 aliphatic rings. The first-order valence-electron chi connectivity index (χ1n) is 10.4. The van der Waals surface area contributed by atoms with Gasteiger partial charge in [-0.15, -0.1) is 0 Å². The van der Waals surface area contributed by atoms with E-state index in [1.165, 1.54) is 23.2 Å². The lowest BCUT2D eigenvalue weighted by atomic mass is 9.99. The topological polar surface area (TPSA) is 88.5 Å². The fourth-order valence-electron chi connectivity index (χ4n) is 4.32. The van der Waals surface area contributed by atoms with E-state index in [0.717, 1.165) is 16.3 Å². The molecule has 2 aromatic carbocycles. The van der Waals surface area contributed by atoms with Crippen LogP contribution in [0.15, 0.2) is 54.7 Å². The van der Waals surface area contributed by atoms with Gasteiger partial charge in [-0.3, -0.25) is 9.59 Å². The highest BCUT2D eigenvalue weighted by Gasteiger charge is 2.44. The van der Waals surface area contributed by atoms with Crippen LogP contribution in [0.25, 0.3) is 10.9 Å². The van der Waals surface area contributed by atoms with Crippen molar-refractivity contribution in [3.05, 3.63) is 71.7 Å². The third-order valence-electron chi connectivity index (χ3n) is 5.81. The number of nitrogens with zero attached hydrogens (tertiary/aromatic N) is 2. The molecule has 1 aromatic heterocycles. The molecule has 2 amide bonds. The molecule has 0 unspecified atom stereocenters. The molecule has 1 fully saturated rings. The number of nitrogens with one attached hydrogen (secondary N) is 1. The van der Waals surface area contributed by atoms with Crippen LogP contribution in [0, 0.1) is 5.82 Å². The first kappa shape index (κ1) is 23.8. The number of hydrogen-bond acceptors (Lipinski definition) is 4.